The van der Waals surface area contributed by atoms with Crippen LogP contribution in [0.4, 0.5) is 11.4 Å². The molecular formula is C13H16N4OS. The third-order valence-corrected chi connectivity index (χ3v) is 3.82. The summed E-state index contributed by atoms with van der Waals surface area (Å²) in [5, 5.41) is 3.38. The van der Waals surface area contributed by atoms with Gasteiger partial charge in [0.2, 0.25) is 5.91 Å². The molecule has 0 aliphatic carbocycles. The lowest BCUT2D eigenvalue weighted by Crippen LogP contribution is -2.23. The zero-order valence-electron chi connectivity index (χ0n) is 10.8. The summed E-state index contributed by atoms with van der Waals surface area (Å²) < 4.78 is 1.88. The van der Waals surface area contributed by atoms with Crippen molar-refractivity contribution in [3.63, 3.8) is 0 Å². The number of nitrogens with zero attached hydrogens (tertiary/aromatic N) is 2. The Kier molecular flexibility index (Phi) is 4.11. The van der Waals surface area contributed by atoms with Gasteiger partial charge in [-0.1, -0.05) is 23.9 Å². The fourth-order valence-electron chi connectivity index (χ4n) is 1.52. The zero-order chi connectivity index (χ0) is 13.8. The Balaban J connectivity index is 2.00. The molecular weight excluding hydrogens is 260 g/mol. The van der Waals surface area contributed by atoms with Crippen molar-refractivity contribution in [2.24, 2.45) is 7.05 Å². The lowest BCUT2D eigenvalue weighted by molar-refractivity contribution is -0.115. The maximum atomic E-state index is 12.1. The van der Waals surface area contributed by atoms with Crippen LogP contribution in [0.1, 0.15) is 6.92 Å². The van der Waals surface area contributed by atoms with Gasteiger partial charge in [0.05, 0.1) is 16.6 Å². The standard InChI is InChI=1S/C13H16N4OS/c1-9(19-13-15-7-8-17(13)2)12(18)16-11-6-4-3-5-10(11)14/h3-9H,14H2,1-2H3,(H,16,18). The van der Waals surface area contributed by atoms with E-state index in [0.29, 0.717) is 11.4 Å². The Morgan fingerprint density at radius 3 is 2.84 bits per heavy atom. The number of amides is 1. The average molecular weight is 276 g/mol. The van der Waals surface area contributed by atoms with Gasteiger partial charge in [-0.05, 0) is 19.1 Å². The summed E-state index contributed by atoms with van der Waals surface area (Å²) in [7, 11) is 1.90. The Morgan fingerprint density at radius 1 is 1.47 bits per heavy atom. The van der Waals surface area contributed by atoms with Gasteiger partial charge in [-0.2, -0.15) is 0 Å². The molecule has 1 heterocycles. The van der Waals surface area contributed by atoms with Gasteiger partial charge in [0, 0.05) is 19.4 Å². The van der Waals surface area contributed by atoms with E-state index in [-0.39, 0.29) is 11.2 Å². The van der Waals surface area contributed by atoms with Crippen molar-refractivity contribution in [3.8, 4) is 0 Å². The van der Waals surface area contributed by atoms with Crippen LogP contribution in [0, 0.1) is 0 Å². The number of nitrogens with one attached hydrogen (secondary N) is 1. The van der Waals surface area contributed by atoms with E-state index in [1.807, 2.05) is 36.9 Å². The second kappa shape index (κ2) is 5.79. The molecule has 5 nitrogen and oxygen atoms in total. The minimum atomic E-state index is -0.249. The van der Waals surface area contributed by atoms with Gasteiger partial charge >= 0.3 is 0 Å². The van der Waals surface area contributed by atoms with Gasteiger partial charge in [0.1, 0.15) is 0 Å². The maximum Gasteiger partial charge on any atom is 0.237 e. The Hall–Kier alpha value is -1.95. The number of benzene rings is 1. The lowest BCUT2D eigenvalue weighted by atomic mass is 10.2. The molecule has 1 aromatic heterocycles. The number of imidazole rings is 1. The first kappa shape index (κ1) is 13.5. The quantitative estimate of drug-likeness (QED) is 0.662. The number of thioether (sulfide) groups is 1. The normalized spacial score (nSPS) is 12.1. The molecule has 0 saturated heterocycles. The molecule has 19 heavy (non-hydrogen) atoms. The molecule has 3 N–H and O–H groups in total. The van der Waals surface area contributed by atoms with E-state index in [9.17, 15) is 4.79 Å². The predicted octanol–water partition coefficient (Wildman–Crippen LogP) is 2.12. The molecule has 0 fully saturated rings. The molecule has 100 valence electrons. The van der Waals surface area contributed by atoms with Crippen LogP contribution in [0.3, 0.4) is 0 Å². The number of nitrogen functional groups attached to an aromatic ring is 1. The van der Waals surface area contributed by atoms with Crippen molar-refractivity contribution in [2.45, 2.75) is 17.3 Å². The second-order valence-corrected chi connectivity index (χ2v) is 5.47. The van der Waals surface area contributed by atoms with Crippen LogP contribution in [-0.2, 0) is 11.8 Å². The van der Waals surface area contributed by atoms with Crippen LogP contribution in [0.25, 0.3) is 0 Å². The highest BCUT2D eigenvalue weighted by molar-refractivity contribution is 8.00. The van der Waals surface area contributed by atoms with Gasteiger partial charge in [-0.25, -0.2) is 4.98 Å². The summed E-state index contributed by atoms with van der Waals surface area (Å²) in [6.07, 6.45) is 3.56. The van der Waals surface area contributed by atoms with E-state index in [4.69, 9.17) is 5.73 Å². The molecule has 0 saturated carbocycles. The van der Waals surface area contributed by atoms with Crippen LogP contribution in [0.5, 0.6) is 0 Å². The third-order valence-electron chi connectivity index (χ3n) is 2.65. The van der Waals surface area contributed by atoms with Crippen molar-refractivity contribution < 1.29 is 4.79 Å². The van der Waals surface area contributed by atoms with E-state index in [1.54, 1.807) is 18.3 Å². The molecule has 2 aromatic rings. The van der Waals surface area contributed by atoms with Crippen molar-refractivity contribution in [3.05, 3.63) is 36.7 Å². The topological polar surface area (TPSA) is 72.9 Å². The van der Waals surface area contributed by atoms with Gasteiger partial charge in [0.25, 0.3) is 0 Å². The number of aryl methyl sites for hydroxylation is 1. The van der Waals surface area contributed by atoms with Crippen LogP contribution in [0.15, 0.2) is 41.8 Å². The number of aromatic nitrogens is 2. The number of rotatable bonds is 4. The number of hydrogen-bond donors (Lipinski definition) is 2. The van der Waals surface area contributed by atoms with Crippen LogP contribution < -0.4 is 11.1 Å². The minimum Gasteiger partial charge on any atom is -0.397 e. The smallest absolute Gasteiger partial charge is 0.237 e. The van der Waals surface area contributed by atoms with E-state index in [2.05, 4.69) is 10.3 Å². The minimum absolute atomic E-state index is 0.0918. The number of carbonyl (C=O) groups excluding carboxylic acids is 1. The fraction of sp³-hybridized carbons (Fsp3) is 0.231. The van der Waals surface area contributed by atoms with E-state index in [0.717, 1.165) is 5.16 Å². The van der Waals surface area contributed by atoms with Crippen molar-refractivity contribution in [1.82, 2.24) is 9.55 Å². The van der Waals surface area contributed by atoms with Crippen LogP contribution in [-0.4, -0.2) is 20.7 Å². The van der Waals surface area contributed by atoms with E-state index >= 15 is 0 Å². The molecule has 0 bridgehead atoms. The molecule has 1 amide bonds. The summed E-state index contributed by atoms with van der Waals surface area (Å²) in [4.78, 5) is 16.3. The van der Waals surface area contributed by atoms with Gasteiger partial charge in [-0.3, -0.25) is 4.79 Å². The highest BCUT2D eigenvalue weighted by Gasteiger charge is 2.17. The Labute approximate surface area is 116 Å². The Morgan fingerprint density at radius 2 is 2.21 bits per heavy atom. The average Bonchev–Trinajstić information content (AvgIpc) is 2.78. The largest absolute Gasteiger partial charge is 0.397 e. The number of carbonyl (C=O) groups is 1. The summed E-state index contributed by atoms with van der Waals surface area (Å²) in [5.74, 6) is -0.0918. The summed E-state index contributed by atoms with van der Waals surface area (Å²) >= 11 is 1.41. The van der Waals surface area contributed by atoms with Gasteiger partial charge in [0.15, 0.2) is 5.16 Å². The predicted molar refractivity (Wildman–Crippen MR) is 78.0 cm³/mol. The summed E-state index contributed by atoms with van der Waals surface area (Å²) in [6, 6.07) is 7.21. The van der Waals surface area contributed by atoms with Gasteiger partial charge < -0.3 is 15.6 Å². The zero-order valence-corrected chi connectivity index (χ0v) is 11.6. The summed E-state index contributed by atoms with van der Waals surface area (Å²) in [5.41, 5.74) is 6.99. The monoisotopic (exact) mass is 276 g/mol. The third kappa shape index (κ3) is 3.29. The number of para-hydroxylation sites is 2. The molecule has 1 aromatic carbocycles. The van der Waals surface area contributed by atoms with Crippen molar-refractivity contribution in [1.29, 1.82) is 0 Å². The molecule has 0 radical (unpaired) electrons. The SMILES string of the molecule is CC(Sc1nccn1C)C(=O)Nc1ccccc1N. The second-order valence-electron chi connectivity index (χ2n) is 4.16. The number of hydrogen-bond acceptors (Lipinski definition) is 4. The molecule has 0 aliphatic rings. The highest BCUT2D eigenvalue weighted by atomic mass is 32.2. The summed E-state index contributed by atoms with van der Waals surface area (Å²) in [6.45, 7) is 1.84. The molecule has 6 heteroatoms. The molecule has 1 atom stereocenters. The van der Waals surface area contributed by atoms with Crippen molar-refractivity contribution >= 4 is 29.0 Å². The maximum absolute atomic E-state index is 12.1. The highest BCUT2D eigenvalue weighted by Crippen LogP contribution is 2.23. The molecule has 2 rings (SSSR count). The first-order chi connectivity index (χ1) is 9.08. The van der Waals surface area contributed by atoms with E-state index < -0.39 is 0 Å². The van der Waals surface area contributed by atoms with Gasteiger partial charge in [-0.15, -0.1) is 0 Å². The van der Waals surface area contributed by atoms with E-state index in [1.165, 1.54) is 11.8 Å². The first-order valence-corrected chi connectivity index (χ1v) is 6.75. The number of nitrogens with two attached hydrogens (primary N) is 1. The number of anilines is 2. The molecule has 0 aliphatic heterocycles. The molecule has 0 spiro atoms. The van der Waals surface area contributed by atoms with Crippen LogP contribution >= 0.6 is 11.8 Å². The Bertz CT molecular complexity index is 582. The van der Waals surface area contributed by atoms with Crippen LogP contribution in [0.2, 0.25) is 0 Å². The lowest BCUT2D eigenvalue weighted by Gasteiger charge is -2.12. The molecule has 1 unspecified atom stereocenters. The fourth-order valence-corrected chi connectivity index (χ4v) is 2.35. The first-order valence-electron chi connectivity index (χ1n) is 5.87. The van der Waals surface area contributed by atoms with Crippen molar-refractivity contribution in [2.75, 3.05) is 11.1 Å².